The SMILES string of the molecule is CCNCC1CCN(S(=O)(=O)NCC2(C)CCCC2)CC1. The van der Waals surface area contributed by atoms with E-state index < -0.39 is 10.2 Å². The second kappa shape index (κ2) is 7.40. The van der Waals surface area contributed by atoms with Gasteiger partial charge in [0.1, 0.15) is 0 Å². The van der Waals surface area contributed by atoms with Gasteiger partial charge in [0.25, 0.3) is 10.2 Å². The standard InChI is InChI=1S/C15H31N3O2S/c1-3-16-12-14-6-10-18(11-7-14)21(19,20)17-13-15(2)8-4-5-9-15/h14,16-17H,3-13H2,1-2H3. The van der Waals surface area contributed by atoms with Crippen molar-refractivity contribution in [3.8, 4) is 0 Å². The van der Waals surface area contributed by atoms with Crippen molar-refractivity contribution in [1.82, 2.24) is 14.3 Å². The first kappa shape index (κ1) is 17.2. The van der Waals surface area contributed by atoms with Crippen LogP contribution in [0.15, 0.2) is 0 Å². The lowest BCUT2D eigenvalue weighted by Crippen LogP contribution is -2.48. The molecular weight excluding hydrogens is 286 g/mol. The van der Waals surface area contributed by atoms with Crippen LogP contribution in [0, 0.1) is 11.3 Å². The summed E-state index contributed by atoms with van der Waals surface area (Å²) in [6.45, 7) is 8.20. The highest BCUT2D eigenvalue weighted by Crippen LogP contribution is 2.36. The van der Waals surface area contributed by atoms with Crippen LogP contribution in [0.3, 0.4) is 0 Å². The number of hydrogen-bond donors (Lipinski definition) is 2. The predicted octanol–water partition coefficient (Wildman–Crippen LogP) is 1.72. The number of hydrogen-bond acceptors (Lipinski definition) is 3. The minimum Gasteiger partial charge on any atom is -0.317 e. The van der Waals surface area contributed by atoms with Gasteiger partial charge in [-0.05, 0) is 50.1 Å². The van der Waals surface area contributed by atoms with Crippen molar-refractivity contribution in [2.24, 2.45) is 11.3 Å². The Hall–Kier alpha value is -0.170. The summed E-state index contributed by atoms with van der Waals surface area (Å²) in [6, 6.07) is 0. The summed E-state index contributed by atoms with van der Waals surface area (Å²) in [6.07, 6.45) is 6.67. The number of piperidine rings is 1. The highest BCUT2D eigenvalue weighted by molar-refractivity contribution is 7.87. The first-order valence-electron chi connectivity index (χ1n) is 8.41. The maximum Gasteiger partial charge on any atom is 0.279 e. The molecule has 2 fully saturated rings. The van der Waals surface area contributed by atoms with Crippen molar-refractivity contribution in [1.29, 1.82) is 0 Å². The Balaban J connectivity index is 1.78. The van der Waals surface area contributed by atoms with E-state index in [0.717, 1.165) is 38.8 Å². The molecular formula is C15H31N3O2S. The van der Waals surface area contributed by atoms with Gasteiger partial charge in [0.2, 0.25) is 0 Å². The summed E-state index contributed by atoms with van der Waals surface area (Å²) in [5.41, 5.74) is 0.163. The highest BCUT2D eigenvalue weighted by Gasteiger charge is 2.33. The van der Waals surface area contributed by atoms with Crippen molar-refractivity contribution in [2.45, 2.75) is 52.4 Å². The van der Waals surface area contributed by atoms with Crippen molar-refractivity contribution in [2.75, 3.05) is 32.7 Å². The minimum atomic E-state index is -3.29. The number of rotatable bonds is 7. The minimum absolute atomic E-state index is 0.163. The Morgan fingerprint density at radius 1 is 1.19 bits per heavy atom. The molecule has 2 rings (SSSR count). The lowest BCUT2D eigenvalue weighted by molar-refractivity contribution is 0.262. The van der Waals surface area contributed by atoms with Crippen LogP contribution in [0.5, 0.6) is 0 Å². The molecule has 2 N–H and O–H groups in total. The molecule has 2 aliphatic rings. The first-order valence-corrected chi connectivity index (χ1v) is 9.85. The van der Waals surface area contributed by atoms with Crippen LogP contribution in [0.1, 0.15) is 52.4 Å². The Bertz CT molecular complexity index is 411. The van der Waals surface area contributed by atoms with Gasteiger partial charge in [-0.3, -0.25) is 0 Å². The van der Waals surface area contributed by atoms with Gasteiger partial charge < -0.3 is 5.32 Å². The van der Waals surface area contributed by atoms with Gasteiger partial charge in [-0.2, -0.15) is 12.7 Å². The van der Waals surface area contributed by atoms with Gasteiger partial charge in [0, 0.05) is 19.6 Å². The zero-order valence-corrected chi connectivity index (χ0v) is 14.3. The molecule has 0 aromatic rings. The summed E-state index contributed by atoms with van der Waals surface area (Å²) in [5, 5.41) is 3.36. The van der Waals surface area contributed by atoms with Gasteiger partial charge in [-0.15, -0.1) is 0 Å². The topological polar surface area (TPSA) is 61.4 Å². The number of nitrogens with one attached hydrogen (secondary N) is 2. The van der Waals surface area contributed by atoms with Crippen LogP contribution in [-0.4, -0.2) is 45.4 Å². The van der Waals surface area contributed by atoms with E-state index in [-0.39, 0.29) is 5.41 Å². The lowest BCUT2D eigenvalue weighted by atomic mass is 9.89. The van der Waals surface area contributed by atoms with Crippen molar-refractivity contribution in [3.05, 3.63) is 0 Å². The molecule has 6 heteroatoms. The molecule has 1 saturated carbocycles. The van der Waals surface area contributed by atoms with E-state index in [2.05, 4.69) is 23.9 Å². The summed E-state index contributed by atoms with van der Waals surface area (Å²) < 4.78 is 29.3. The Morgan fingerprint density at radius 2 is 1.81 bits per heavy atom. The summed E-state index contributed by atoms with van der Waals surface area (Å²) in [4.78, 5) is 0. The van der Waals surface area contributed by atoms with E-state index in [9.17, 15) is 8.42 Å². The molecule has 21 heavy (non-hydrogen) atoms. The molecule has 0 aromatic heterocycles. The smallest absolute Gasteiger partial charge is 0.279 e. The maximum absolute atomic E-state index is 12.4. The van der Waals surface area contributed by atoms with Gasteiger partial charge in [0.15, 0.2) is 0 Å². The van der Waals surface area contributed by atoms with Gasteiger partial charge in [-0.1, -0.05) is 26.7 Å². The van der Waals surface area contributed by atoms with E-state index in [4.69, 9.17) is 0 Å². The molecule has 0 aromatic carbocycles. The van der Waals surface area contributed by atoms with E-state index in [1.165, 1.54) is 12.8 Å². The molecule has 1 saturated heterocycles. The number of nitrogens with zero attached hydrogens (tertiary/aromatic N) is 1. The van der Waals surface area contributed by atoms with Crippen LogP contribution in [0.2, 0.25) is 0 Å². The third-order valence-corrected chi connectivity index (χ3v) is 6.64. The normalized spacial score (nSPS) is 24.5. The van der Waals surface area contributed by atoms with E-state index in [1.54, 1.807) is 4.31 Å². The van der Waals surface area contributed by atoms with E-state index >= 15 is 0 Å². The average molecular weight is 317 g/mol. The fourth-order valence-electron chi connectivity index (χ4n) is 3.46. The molecule has 0 spiro atoms. The molecule has 5 nitrogen and oxygen atoms in total. The molecule has 1 heterocycles. The quantitative estimate of drug-likeness (QED) is 0.751. The molecule has 124 valence electrons. The molecule has 0 radical (unpaired) electrons. The van der Waals surface area contributed by atoms with Crippen molar-refractivity contribution < 1.29 is 8.42 Å². The average Bonchev–Trinajstić information content (AvgIpc) is 2.91. The zero-order valence-electron chi connectivity index (χ0n) is 13.5. The fraction of sp³-hybridized carbons (Fsp3) is 1.00. The molecule has 0 amide bonds. The largest absolute Gasteiger partial charge is 0.317 e. The molecule has 1 aliphatic heterocycles. The summed E-state index contributed by atoms with van der Waals surface area (Å²) in [5.74, 6) is 0.615. The molecule has 0 bridgehead atoms. The van der Waals surface area contributed by atoms with Crippen molar-refractivity contribution in [3.63, 3.8) is 0 Å². The van der Waals surface area contributed by atoms with Crippen LogP contribution >= 0.6 is 0 Å². The predicted molar refractivity (Wildman–Crippen MR) is 86.3 cm³/mol. The zero-order chi connectivity index (χ0) is 15.3. The molecule has 0 unspecified atom stereocenters. The third-order valence-electron chi connectivity index (χ3n) is 5.09. The van der Waals surface area contributed by atoms with Crippen molar-refractivity contribution >= 4 is 10.2 Å². The second-order valence-corrected chi connectivity index (χ2v) is 8.75. The van der Waals surface area contributed by atoms with E-state index in [0.29, 0.717) is 25.6 Å². The third kappa shape index (κ3) is 4.91. The van der Waals surface area contributed by atoms with Crippen LogP contribution in [0.25, 0.3) is 0 Å². The Kier molecular flexibility index (Phi) is 6.05. The highest BCUT2D eigenvalue weighted by atomic mass is 32.2. The monoisotopic (exact) mass is 317 g/mol. The van der Waals surface area contributed by atoms with Gasteiger partial charge in [-0.25, -0.2) is 4.72 Å². The van der Waals surface area contributed by atoms with Gasteiger partial charge >= 0.3 is 0 Å². The summed E-state index contributed by atoms with van der Waals surface area (Å²) in [7, 11) is -3.29. The van der Waals surface area contributed by atoms with Crippen LogP contribution in [-0.2, 0) is 10.2 Å². The van der Waals surface area contributed by atoms with Crippen LogP contribution < -0.4 is 10.0 Å². The van der Waals surface area contributed by atoms with Crippen LogP contribution in [0.4, 0.5) is 0 Å². The lowest BCUT2D eigenvalue weighted by Gasteiger charge is -2.32. The first-order chi connectivity index (χ1) is 9.95. The Labute approximate surface area is 130 Å². The molecule has 0 atom stereocenters. The fourth-order valence-corrected chi connectivity index (χ4v) is 4.87. The van der Waals surface area contributed by atoms with Gasteiger partial charge in [0.05, 0.1) is 0 Å². The second-order valence-electron chi connectivity index (χ2n) is 6.99. The maximum atomic E-state index is 12.4. The van der Waals surface area contributed by atoms with E-state index in [1.807, 2.05) is 0 Å². The molecule has 1 aliphatic carbocycles. The Morgan fingerprint density at radius 3 is 2.38 bits per heavy atom. The summed E-state index contributed by atoms with van der Waals surface area (Å²) >= 11 is 0.